The Morgan fingerprint density at radius 1 is 1.38 bits per heavy atom. The van der Waals surface area contributed by atoms with Crippen LogP contribution in [-0.4, -0.2) is 27.2 Å². The van der Waals surface area contributed by atoms with E-state index in [0.29, 0.717) is 17.7 Å². The van der Waals surface area contributed by atoms with Crippen molar-refractivity contribution in [1.82, 2.24) is 4.98 Å². The van der Waals surface area contributed by atoms with Crippen molar-refractivity contribution in [2.45, 2.75) is 20.3 Å². The Hall–Kier alpha value is -2.39. The number of aromatic nitrogens is 1. The zero-order valence-corrected chi connectivity index (χ0v) is 15.4. The van der Waals surface area contributed by atoms with Crippen LogP contribution in [0.15, 0.2) is 30.6 Å². The Labute approximate surface area is 153 Å². The van der Waals surface area contributed by atoms with Gasteiger partial charge in [0.1, 0.15) is 16.7 Å². The van der Waals surface area contributed by atoms with Gasteiger partial charge in [-0.1, -0.05) is 6.92 Å². The van der Waals surface area contributed by atoms with Crippen LogP contribution in [0.2, 0.25) is 0 Å². The average molecular weight is 381 g/mol. The maximum Gasteiger partial charge on any atom is 0.174 e. The number of benzene rings is 1. The third kappa shape index (κ3) is 4.83. The third-order valence-electron chi connectivity index (χ3n) is 3.52. The van der Waals surface area contributed by atoms with Gasteiger partial charge in [0, 0.05) is 23.7 Å². The molecule has 9 heteroatoms. The summed E-state index contributed by atoms with van der Waals surface area (Å²) in [7, 11) is -1.47. The molecule has 2 aromatic rings. The second kappa shape index (κ2) is 8.81. The summed E-state index contributed by atoms with van der Waals surface area (Å²) in [5, 5.41) is 8.92. The molecule has 1 heterocycles. The van der Waals surface area contributed by atoms with Crippen molar-refractivity contribution in [1.29, 1.82) is 5.41 Å². The van der Waals surface area contributed by atoms with Crippen LogP contribution in [0.5, 0.6) is 0 Å². The number of nitrogens with zero attached hydrogens (tertiary/aromatic N) is 2. The summed E-state index contributed by atoms with van der Waals surface area (Å²) in [6, 6.07) is 3.95. The van der Waals surface area contributed by atoms with Crippen LogP contribution in [-0.2, 0) is 11.0 Å². The van der Waals surface area contributed by atoms with Crippen LogP contribution < -0.4 is 15.6 Å². The smallest absolute Gasteiger partial charge is 0.174 e. The highest BCUT2D eigenvalue weighted by Gasteiger charge is 2.20. The molecule has 1 unspecified atom stereocenters. The summed E-state index contributed by atoms with van der Waals surface area (Å²) in [6.07, 6.45) is 3.78. The Morgan fingerprint density at radius 2 is 2.12 bits per heavy atom. The maximum atomic E-state index is 14.7. The van der Waals surface area contributed by atoms with Gasteiger partial charge >= 0.3 is 0 Å². The van der Waals surface area contributed by atoms with Crippen molar-refractivity contribution >= 4 is 28.1 Å². The zero-order chi connectivity index (χ0) is 19.3. The summed E-state index contributed by atoms with van der Waals surface area (Å²) in [5.41, 5.74) is 0.842. The van der Waals surface area contributed by atoms with Crippen molar-refractivity contribution in [3.8, 4) is 0 Å². The predicted octanol–water partition coefficient (Wildman–Crippen LogP) is 2.90. The molecule has 0 bridgehead atoms. The van der Waals surface area contributed by atoms with E-state index in [9.17, 15) is 13.0 Å². The van der Waals surface area contributed by atoms with Crippen LogP contribution >= 0.6 is 0 Å². The highest BCUT2D eigenvalue weighted by atomic mass is 32.2. The quantitative estimate of drug-likeness (QED) is 0.372. The van der Waals surface area contributed by atoms with Crippen molar-refractivity contribution in [3.63, 3.8) is 0 Å². The molecule has 26 heavy (non-hydrogen) atoms. The fourth-order valence-corrected chi connectivity index (χ4v) is 3.18. The molecule has 0 radical (unpaired) electrons. The molecule has 0 aliphatic carbocycles. The molecule has 0 fully saturated rings. The summed E-state index contributed by atoms with van der Waals surface area (Å²) in [4.78, 5) is 3.99. The SMILES string of the molecule is CCCS(=O)Nc1ccc(F)c(N(N)CC(=N)c2cncc(C)c2)c1F. The zero-order valence-electron chi connectivity index (χ0n) is 14.6. The van der Waals surface area contributed by atoms with E-state index >= 15 is 0 Å². The number of nitrogens with one attached hydrogen (secondary N) is 2. The number of rotatable bonds is 8. The van der Waals surface area contributed by atoms with Gasteiger partial charge in [-0.15, -0.1) is 0 Å². The van der Waals surface area contributed by atoms with Gasteiger partial charge < -0.3 is 10.1 Å². The van der Waals surface area contributed by atoms with Crippen LogP contribution in [0.1, 0.15) is 24.5 Å². The molecule has 1 atom stereocenters. The number of halogens is 2. The van der Waals surface area contributed by atoms with Gasteiger partial charge in [0.15, 0.2) is 11.6 Å². The van der Waals surface area contributed by atoms with E-state index in [1.54, 1.807) is 12.3 Å². The first-order chi connectivity index (χ1) is 12.3. The minimum Gasteiger partial charge on any atom is -0.303 e. The topological polar surface area (TPSA) is 95.1 Å². The molecule has 6 nitrogen and oxygen atoms in total. The van der Waals surface area contributed by atoms with Gasteiger partial charge in [0.25, 0.3) is 0 Å². The van der Waals surface area contributed by atoms with Crippen molar-refractivity contribution in [2.24, 2.45) is 5.84 Å². The fraction of sp³-hybridized carbons (Fsp3) is 0.294. The second-order valence-electron chi connectivity index (χ2n) is 5.77. The molecular formula is C17H21F2N5OS. The lowest BCUT2D eigenvalue weighted by Gasteiger charge is -2.21. The summed E-state index contributed by atoms with van der Waals surface area (Å²) < 4.78 is 43.1. The largest absolute Gasteiger partial charge is 0.303 e. The van der Waals surface area contributed by atoms with Crippen LogP contribution in [0.3, 0.4) is 0 Å². The van der Waals surface area contributed by atoms with Gasteiger partial charge in [-0.25, -0.2) is 18.8 Å². The van der Waals surface area contributed by atoms with Crippen LogP contribution in [0, 0.1) is 24.0 Å². The van der Waals surface area contributed by atoms with Crippen LogP contribution in [0.25, 0.3) is 0 Å². The van der Waals surface area contributed by atoms with Crippen molar-refractivity contribution in [2.75, 3.05) is 22.0 Å². The molecule has 1 aromatic carbocycles. The first-order valence-corrected chi connectivity index (χ1v) is 9.30. The molecule has 2 rings (SSSR count). The third-order valence-corrected chi connectivity index (χ3v) is 4.75. The van der Waals surface area contributed by atoms with E-state index in [2.05, 4.69) is 9.71 Å². The molecule has 140 valence electrons. The van der Waals surface area contributed by atoms with Gasteiger partial charge in [-0.2, -0.15) is 0 Å². The van der Waals surface area contributed by atoms with E-state index in [0.717, 1.165) is 16.6 Å². The number of nitrogens with two attached hydrogens (primary N) is 1. The molecular weight excluding hydrogens is 360 g/mol. The number of hydrogen-bond acceptors (Lipinski definition) is 5. The average Bonchev–Trinajstić information content (AvgIpc) is 2.57. The monoisotopic (exact) mass is 381 g/mol. The first kappa shape index (κ1) is 19.9. The van der Waals surface area contributed by atoms with Gasteiger partial charge in [0.05, 0.1) is 17.9 Å². The van der Waals surface area contributed by atoms with Gasteiger partial charge in [-0.05, 0) is 37.1 Å². The minimum absolute atomic E-state index is 0.0652. The molecule has 0 spiro atoms. The lowest BCUT2D eigenvalue weighted by atomic mass is 10.1. The van der Waals surface area contributed by atoms with Crippen molar-refractivity contribution < 1.29 is 13.0 Å². The van der Waals surface area contributed by atoms with Gasteiger partial charge in [0.2, 0.25) is 0 Å². The first-order valence-electron chi connectivity index (χ1n) is 7.98. The van der Waals surface area contributed by atoms with E-state index in [-0.39, 0.29) is 17.9 Å². The summed E-state index contributed by atoms with van der Waals surface area (Å²) >= 11 is 0. The van der Waals surface area contributed by atoms with E-state index in [4.69, 9.17) is 11.3 Å². The standard InChI is InChI=1S/C17H21F2N5OS/c1-3-6-26(25)23-15-5-4-13(18)17(16(15)19)24(21)10-14(20)12-7-11(2)8-22-9-12/h4-5,7-9,20,23H,3,6,10,21H2,1-2H3. The number of hydrogen-bond donors (Lipinski definition) is 3. The molecule has 0 amide bonds. The Balaban J connectivity index is 2.23. The molecule has 1 aromatic heterocycles. The minimum atomic E-state index is -1.47. The van der Waals surface area contributed by atoms with Crippen LogP contribution in [0.4, 0.5) is 20.2 Å². The predicted molar refractivity (Wildman–Crippen MR) is 101 cm³/mol. The molecule has 0 aliphatic rings. The Morgan fingerprint density at radius 3 is 2.77 bits per heavy atom. The normalized spacial score (nSPS) is 11.9. The summed E-state index contributed by atoms with van der Waals surface area (Å²) in [6.45, 7) is 3.45. The Bertz CT molecular complexity index is 831. The van der Waals surface area contributed by atoms with E-state index < -0.39 is 28.3 Å². The fourth-order valence-electron chi connectivity index (χ4n) is 2.30. The lowest BCUT2D eigenvalue weighted by Crippen LogP contribution is -2.37. The molecule has 0 saturated heterocycles. The number of hydrazine groups is 1. The number of pyridine rings is 1. The summed E-state index contributed by atoms with van der Waals surface area (Å²) in [5.74, 6) is 4.34. The molecule has 0 saturated carbocycles. The number of aryl methyl sites for hydroxylation is 1. The molecule has 0 aliphatic heterocycles. The Kier molecular flexibility index (Phi) is 6.76. The number of anilines is 2. The highest BCUT2D eigenvalue weighted by Crippen LogP contribution is 2.28. The van der Waals surface area contributed by atoms with E-state index in [1.807, 2.05) is 13.8 Å². The van der Waals surface area contributed by atoms with Crippen molar-refractivity contribution in [3.05, 3.63) is 53.4 Å². The van der Waals surface area contributed by atoms with Gasteiger partial charge in [-0.3, -0.25) is 9.99 Å². The molecule has 4 N–H and O–H groups in total. The second-order valence-corrected chi connectivity index (χ2v) is 7.07. The highest BCUT2D eigenvalue weighted by molar-refractivity contribution is 7.86. The van der Waals surface area contributed by atoms with E-state index in [1.165, 1.54) is 12.3 Å². The maximum absolute atomic E-state index is 14.7. The lowest BCUT2D eigenvalue weighted by molar-refractivity contribution is 0.579.